The van der Waals surface area contributed by atoms with Crippen LogP contribution in [0.25, 0.3) is 0 Å². The number of aliphatic carboxylic acids is 1. The quantitative estimate of drug-likeness (QED) is 0.395. The molecular formula is C21H23F6N5O4. The lowest BCUT2D eigenvalue weighted by atomic mass is 10.0. The predicted octanol–water partition coefficient (Wildman–Crippen LogP) is 3.42. The summed E-state index contributed by atoms with van der Waals surface area (Å²) in [5.74, 6) is -2.94. The Morgan fingerprint density at radius 1 is 1.00 bits per heavy atom. The zero-order valence-electron chi connectivity index (χ0n) is 19.2. The van der Waals surface area contributed by atoms with Gasteiger partial charge in [0.15, 0.2) is 0 Å². The summed E-state index contributed by atoms with van der Waals surface area (Å²) < 4.78 is 79.8. The number of rotatable bonds is 8. The highest BCUT2D eigenvalue weighted by atomic mass is 19.4. The summed E-state index contributed by atoms with van der Waals surface area (Å²) in [5.41, 5.74) is -3.72. The molecular weight excluding hydrogens is 500 g/mol. The maximum atomic E-state index is 13.0. The van der Waals surface area contributed by atoms with E-state index in [1.807, 2.05) is 5.32 Å². The molecule has 0 aliphatic carbocycles. The predicted molar refractivity (Wildman–Crippen MR) is 114 cm³/mol. The molecule has 9 nitrogen and oxygen atoms in total. The molecule has 0 unspecified atom stereocenters. The van der Waals surface area contributed by atoms with Crippen molar-refractivity contribution in [2.24, 2.45) is 13.0 Å². The molecule has 0 spiro atoms. The number of imidazole rings is 1. The number of hydrogen-bond acceptors (Lipinski definition) is 4. The molecule has 2 atom stereocenters. The Morgan fingerprint density at radius 3 is 1.97 bits per heavy atom. The number of carboxylic acid groups (broad SMARTS) is 1. The van der Waals surface area contributed by atoms with Crippen LogP contribution < -0.4 is 16.0 Å². The molecule has 4 N–H and O–H groups in total. The Morgan fingerprint density at radius 2 is 1.56 bits per heavy atom. The van der Waals surface area contributed by atoms with Gasteiger partial charge in [-0.15, -0.1) is 0 Å². The first-order valence-corrected chi connectivity index (χ1v) is 10.3. The second-order valence-corrected chi connectivity index (χ2v) is 8.25. The Labute approximate surface area is 200 Å². The third-order valence-corrected chi connectivity index (χ3v) is 4.87. The highest BCUT2D eigenvalue weighted by molar-refractivity contribution is 5.95. The number of aromatic nitrogens is 2. The number of anilines is 1. The Bertz CT molecular complexity index is 1080. The van der Waals surface area contributed by atoms with Crippen molar-refractivity contribution < 1.29 is 45.8 Å². The van der Waals surface area contributed by atoms with E-state index in [1.54, 1.807) is 11.6 Å². The molecule has 2 rings (SSSR count). The molecule has 0 bridgehead atoms. The first-order chi connectivity index (χ1) is 16.5. The number of carboxylic acids is 1. The van der Waals surface area contributed by atoms with E-state index in [-0.39, 0.29) is 12.5 Å². The molecule has 1 aromatic carbocycles. The second-order valence-electron chi connectivity index (χ2n) is 8.25. The summed E-state index contributed by atoms with van der Waals surface area (Å²) in [7, 11) is 1.66. The van der Waals surface area contributed by atoms with Gasteiger partial charge in [0.2, 0.25) is 5.91 Å². The number of urea groups is 1. The van der Waals surface area contributed by atoms with Gasteiger partial charge in [-0.05, 0) is 24.1 Å². The molecule has 3 amide bonds. The summed E-state index contributed by atoms with van der Waals surface area (Å²) >= 11 is 0. The van der Waals surface area contributed by atoms with Crippen molar-refractivity contribution in [2.45, 2.75) is 44.7 Å². The standard InChI is InChI=1S/C21H23F6N5O4/c1-10(2)16(17(33)30-15(18(34)35)7-14-8-32(3)9-28-14)31-19(36)29-13-5-11(20(22,23)24)4-12(6-13)21(25,26)27/h4-6,8-10,15-16H,7H2,1-3H3,(H,30,33)(H,34,35)(H2,29,31,36)/t15-,16-/m0/s1. The van der Waals surface area contributed by atoms with Gasteiger partial charge in [-0.1, -0.05) is 13.8 Å². The van der Waals surface area contributed by atoms with Crippen molar-refractivity contribution >= 4 is 23.6 Å². The van der Waals surface area contributed by atoms with E-state index in [1.165, 1.54) is 26.4 Å². The number of nitrogens with zero attached hydrogens (tertiary/aromatic N) is 2. The molecule has 2 aromatic rings. The number of carbonyl (C=O) groups excluding carboxylic acids is 2. The van der Waals surface area contributed by atoms with Crippen molar-refractivity contribution in [3.05, 3.63) is 47.5 Å². The molecule has 0 fully saturated rings. The van der Waals surface area contributed by atoms with Crippen LogP contribution in [0.1, 0.15) is 30.7 Å². The van der Waals surface area contributed by atoms with Crippen LogP contribution in [-0.2, 0) is 35.4 Å². The van der Waals surface area contributed by atoms with E-state index in [9.17, 15) is 45.8 Å². The number of carbonyl (C=O) groups is 3. The van der Waals surface area contributed by atoms with Gasteiger partial charge in [-0.3, -0.25) is 4.79 Å². The molecule has 0 aliphatic rings. The maximum Gasteiger partial charge on any atom is 0.416 e. The van der Waals surface area contributed by atoms with Crippen LogP contribution >= 0.6 is 0 Å². The Balaban J connectivity index is 2.18. The fourth-order valence-corrected chi connectivity index (χ4v) is 3.11. The monoisotopic (exact) mass is 523 g/mol. The Hall–Kier alpha value is -3.78. The van der Waals surface area contributed by atoms with Gasteiger partial charge < -0.3 is 25.6 Å². The van der Waals surface area contributed by atoms with E-state index in [4.69, 9.17) is 0 Å². The molecule has 198 valence electrons. The highest BCUT2D eigenvalue weighted by Crippen LogP contribution is 2.37. The van der Waals surface area contributed by atoms with Crippen molar-refractivity contribution in [3.63, 3.8) is 0 Å². The van der Waals surface area contributed by atoms with Gasteiger partial charge in [-0.25, -0.2) is 14.6 Å². The molecule has 0 aliphatic heterocycles. The molecule has 1 heterocycles. The van der Waals surface area contributed by atoms with Crippen LogP contribution in [0.3, 0.4) is 0 Å². The van der Waals surface area contributed by atoms with Crippen molar-refractivity contribution in [3.8, 4) is 0 Å². The number of amides is 3. The SMILES string of the molecule is CC(C)[C@H](NC(=O)Nc1cc(C(F)(F)F)cc(C(F)(F)F)c1)C(=O)N[C@@H](Cc1cn(C)cn1)C(=O)O. The van der Waals surface area contributed by atoms with E-state index in [2.05, 4.69) is 15.6 Å². The van der Waals surface area contributed by atoms with Crippen LogP contribution in [0.2, 0.25) is 0 Å². The van der Waals surface area contributed by atoms with Gasteiger partial charge >= 0.3 is 24.4 Å². The van der Waals surface area contributed by atoms with Gasteiger partial charge in [-0.2, -0.15) is 26.3 Å². The zero-order chi connectivity index (χ0) is 27.4. The number of nitrogens with one attached hydrogen (secondary N) is 3. The van der Waals surface area contributed by atoms with Gasteiger partial charge in [0.1, 0.15) is 12.1 Å². The number of aryl methyl sites for hydroxylation is 1. The minimum absolute atomic E-state index is 0.0961. The summed E-state index contributed by atoms with van der Waals surface area (Å²) in [4.78, 5) is 40.7. The van der Waals surface area contributed by atoms with Crippen LogP contribution in [0.15, 0.2) is 30.7 Å². The second kappa shape index (κ2) is 10.9. The van der Waals surface area contributed by atoms with E-state index >= 15 is 0 Å². The van der Waals surface area contributed by atoms with Crippen molar-refractivity contribution in [2.75, 3.05) is 5.32 Å². The van der Waals surface area contributed by atoms with Crippen molar-refractivity contribution in [1.29, 1.82) is 0 Å². The number of benzene rings is 1. The largest absolute Gasteiger partial charge is 0.480 e. The lowest BCUT2D eigenvalue weighted by molar-refractivity contribution is -0.143. The fraction of sp³-hybridized carbons (Fsp3) is 0.429. The third kappa shape index (κ3) is 7.88. The third-order valence-electron chi connectivity index (χ3n) is 4.87. The minimum atomic E-state index is -5.12. The van der Waals surface area contributed by atoms with Crippen LogP contribution in [0.4, 0.5) is 36.8 Å². The lowest BCUT2D eigenvalue weighted by Gasteiger charge is -2.24. The van der Waals surface area contributed by atoms with Crippen LogP contribution in [0, 0.1) is 5.92 Å². The Kier molecular flexibility index (Phi) is 8.59. The summed E-state index contributed by atoms with van der Waals surface area (Å²) in [6, 6.07) is -3.53. The van der Waals surface area contributed by atoms with Gasteiger partial charge in [0.05, 0.1) is 23.1 Å². The van der Waals surface area contributed by atoms with E-state index in [0.29, 0.717) is 17.8 Å². The molecule has 0 radical (unpaired) electrons. The summed E-state index contributed by atoms with van der Waals surface area (Å²) in [6.45, 7) is 2.98. The van der Waals surface area contributed by atoms with Crippen molar-refractivity contribution in [1.82, 2.24) is 20.2 Å². The van der Waals surface area contributed by atoms with Gasteiger partial charge in [0, 0.05) is 25.4 Å². The molecule has 1 aromatic heterocycles. The van der Waals surface area contributed by atoms with E-state index < -0.39 is 65.1 Å². The van der Waals surface area contributed by atoms with Crippen LogP contribution in [-0.4, -0.2) is 44.6 Å². The average Bonchev–Trinajstić information content (AvgIpc) is 3.14. The first-order valence-electron chi connectivity index (χ1n) is 10.3. The smallest absolute Gasteiger partial charge is 0.416 e. The molecule has 0 saturated carbocycles. The minimum Gasteiger partial charge on any atom is -0.480 e. The molecule has 15 heteroatoms. The number of alkyl halides is 6. The topological polar surface area (TPSA) is 125 Å². The van der Waals surface area contributed by atoms with E-state index in [0.717, 1.165) is 0 Å². The fourth-order valence-electron chi connectivity index (χ4n) is 3.11. The molecule has 36 heavy (non-hydrogen) atoms. The highest BCUT2D eigenvalue weighted by Gasteiger charge is 2.37. The summed E-state index contributed by atoms with van der Waals surface area (Å²) in [5, 5.41) is 15.7. The maximum absolute atomic E-state index is 13.0. The summed E-state index contributed by atoms with van der Waals surface area (Å²) in [6.07, 6.45) is -7.44. The van der Waals surface area contributed by atoms with Crippen LogP contribution in [0.5, 0.6) is 0 Å². The lowest BCUT2D eigenvalue weighted by Crippen LogP contribution is -2.55. The van der Waals surface area contributed by atoms with Gasteiger partial charge in [0.25, 0.3) is 0 Å². The number of halogens is 6. The zero-order valence-corrected chi connectivity index (χ0v) is 19.2. The normalized spacial score (nSPS) is 13.7. The number of hydrogen-bond donors (Lipinski definition) is 4. The molecule has 0 saturated heterocycles. The first kappa shape index (κ1) is 28.5. The average molecular weight is 523 g/mol.